The second-order valence-electron chi connectivity index (χ2n) is 7.78. The molecule has 0 aliphatic carbocycles. The number of benzene rings is 2. The number of nitriles is 1. The van der Waals surface area contributed by atoms with Crippen LogP contribution in [0.25, 0.3) is 6.08 Å². The van der Waals surface area contributed by atoms with Gasteiger partial charge in [-0.1, -0.05) is 25.1 Å². The summed E-state index contributed by atoms with van der Waals surface area (Å²) in [4.78, 5) is 16.3. The quantitative estimate of drug-likeness (QED) is 0.222. The zero-order valence-electron chi connectivity index (χ0n) is 20.1. The lowest BCUT2D eigenvalue weighted by Crippen LogP contribution is -2.13. The van der Waals surface area contributed by atoms with Crippen LogP contribution >= 0.6 is 11.5 Å². The average molecular weight is 527 g/mol. The smallest absolute Gasteiger partial charge is 0.268 e. The molecule has 3 aromatic rings. The molecular weight excluding hydrogens is 500 g/mol. The number of sulfone groups is 1. The van der Waals surface area contributed by atoms with E-state index in [-0.39, 0.29) is 21.6 Å². The summed E-state index contributed by atoms with van der Waals surface area (Å²) in [6.45, 7) is 6.59. The minimum absolute atomic E-state index is 0.00147. The molecule has 0 saturated carbocycles. The second-order valence-corrected chi connectivity index (χ2v) is 10.7. The van der Waals surface area contributed by atoms with Gasteiger partial charge in [-0.3, -0.25) is 10.1 Å². The van der Waals surface area contributed by atoms with Crippen molar-refractivity contribution in [2.45, 2.75) is 32.3 Å². The Bertz CT molecular complexity index is 1390. The van der Waals surface area contributed by atoms with Gasteiger partial charge in [-0.25, -0.2) is 8.42 Å². The molecule has 2 aromatic carbocycles. The molecule has 0 radical (unpaired) electrons. The van der Waals surface area contributed by atoms with Gasteiger partial charge in [0, 0.05) is 18.0 Å². The number of ether oxygens (including phenoxy) is 2. The topological polar surface area (TPSA) is 131 Å². The van der Waals surface area contributed by atoms with Gasteiger partial charge in [0.05, 0.1) is 19.0 Å². The number of hydrogen-bond donors (Lipinski definition) is 1. The number of nitrogens with one attached hydrogen (secondary N) is 1. The SMILES string of the molecule is CCS(=O)(=O)c1nsc(NC(=O)C(C#N)=Cc2ccc(OCCCOc3ccc(C)c(C)c3)cc2)n1. The molecule has 1 N–H and O–H groups in total. The van der Waals surface area contributed by atoms with Gasteiger partial charge in [-0.2, -0.15) is 14.6 Å². The van der Waals surface area contributed by atoms with Crippen molar-refractivity contribution < 1.29 is 22.7 Å². The third kappa shape index (κ3) is 7.37. The van der Waals surface area contributed by atoms with E-state index in [9.17, 15) is 18.5 Å². The van der Waals surface area contributed by atoms with Gasteiger partial charge in [0.1, 0.15) is 23.1 Å². The van der Waals surface area contributed by atoms with Crippen LogP contribution in [0.15, 0.2) is 53.2 Å². The fourth-order valence-electron chi connectivity index (χ4n) is 2.90. The van der Waals surface area contributed by atoms with E-state index >= 15 is 0 Å². The number of aromatic nitrogens is 2. The summed E-state index contributed by atoms with van der Waals surface area (Å²) in [5.41, 5.74) is 2.87. The van der Waals surface area contributed by atoms with Crippen LogP contribution in [0, 0.1) is 25.2 Å². The number of amides is 1. The second kappa shape index (κ2) is 12.3. The number of carbonyl (C=O) groups is 1. The molecule has 36 heavy (non-hydrogen) atoms. The maximum absolute atomic E-state index is 12.4. The summed E-state index contributed by atoms with van der Waals surface area (Å²) in [7, 11) is -3.58. The van der Waals surface area contributed by atoms with Crippen molar-refractivity contribution in [2.24, 2.45) is 0 Å². The van der Waals surface area contributed by atoms with Gasteiger partial charge in [-0.05, 0) is 60.9 Å². The van der Waals surface area contributed by atoms with E-state index in [1.807, 2.05) is 31.2 Å². The van der Waals surface area contributed by atoms with E-state index in [2.05, 4.69) is 21.6 Å². The predicted molar refractivity (Wildman–Crippen MR) is 138 cm³/mol. The summed E-state index contributed by atoms with van der Waals surface area (Å²) in [6.07, 6.45) is 2.13. The van der Waals surface area contributed by atoms with Gasteiger partial charge < -0.3 is 9.47 Å². The monoisotopic (exact) mass is 526 g/mol. The third-order valence-corrected chi connectivity index (χ3v) is 7.39. The Morgan fingerprint density at radius 1 is 1.08 bits per heavy atom. The molecule has 3 rings (SSSR count). The number of rotatable bonds is 11. The van der Waals surface area contributed by atoms with Gasteiger partial charge in [0.2, 0.25) is 15.0 Å². The van der Waals surface area contributed by atoms with Gasteiger partial charge in [-0.15, -0.1) is 0 Å². The molecular formula is C25H26N4O5S2. The molecule has 188 valence electrons. The number of carbonyl (C=O) groups excluding carboxylic acids is 1. The summed E-state index contributed by atoms with van der Waals surface area (Å²) in [6, 6.07) is 14.8. The third-order valence-electron chi connectivity index (χ3n) is 5.15. The van der Waals surface area contributed by atoms with Crippen molar-refractivity contribution in [3.8, 4) is 17.6 Å². The molecule has 0 spiro atoms. The van der Waals surface area contributed by atoms with Crippen LogP contribution in [0.2, 0.25) is 0 Å². The molecule has 0 saturated heterocycles. The minimum Gasteiger partial charge on any atom is -0.493 e. The highest BCUT2D eigenvalue weighted by molar-refractivity contribution is 7.91. The van der Waals surface area contributed by atoms with E-state index < -0.39 is 15.7 Å². The normalized spacial score (nSPS) is 11.6. The van der Waals surface area contributed by atoms with Crippen molar-refractivity contribution in [3.05, 3.63) is 64.7 Å². The van der Waals surface area contributed by atoms with Crippen LogP contribution < -0.4 is 14.8 Å². The van der Waals surface area contributed by atoms with Gasteiger partial charge in [0.25, 0.3) is 11.1 Å². The maximum atomic E-state index is 12.4. The highest BCUT2D eigenvalue weighted by Gasteiger charge is 2.20. The summed E-state index contributed by atoms with van der Waals surface area (Å²) >= 11 is 0.733. The Morgan fingerprint density at radius 3 is 2.39 bits per heavy atom. The highest BCUT2D eigenvalue weighted by atomic mass is 32.2. The highest BCUT2D eigenvalue weighted by Crippen LogP contribution is 2.19. The van der Waals surface area contributed by atoms with Crippen molar-refractivity contribution in [2.75, 3.05) is 24.3 Å². The molecule has 1 aromatic heterocycles. The van der Waals surface area contributed by atoms with E-state index in [4.69, 9.17) is 9.47 Å². The first kappa shape index (κ1) is 26.8. The molecule has 0 aliphatic rings. The molecule has 1 heterocycles. The Labute approximate surface area is 214 Å². The largest absolute Gasteiger partial charge is 0.493 e. The fourth-order valence-corrected chi connectivity index (χ4v) is 4.48. The first-order valence-electron chi connectivity index (χ1n) is 11.1. The van der Waals surface area contributed by atoms with Crippen LogP contribution in [0.3, 0.4) is 0 Å². The van der Waals surface area contributed by atoms with Crippen LogP contribution in [0.4, 0.5) is 5.13 Å². The summed E-state index contributed by atoms with van der Waals surface area (Å²) in [5, 5.41) is 11.5. The van der Waals surface area contributed by atoms with Crippen LogP contribution in [0.5, 0.6) is 11.5 Å². The molecule has 9 nitrogen and oxygen atoms in total. The van der Waals surface area contributed by atoms with Crippen LogP contribution in [-0.4, -0.2) is 42.6 Å². The van der Waals surface area contributed by atoms with Gasteiger partial charge >= 0.3 is 0 Å². The molecule has 11 heteroatoms. The summed E-state index contributed by atoms with van der Waals surface area (Å²) < 4.78 is 38.9. The van der Waals surface area contributed by atoms with Crippen molar-refractivity contribution in [3.63, 3.8) is 0 Å². The Hall–Kier alpha value is -3.75. The average Bonchev–Trinajstić information content (AvgIpc) is 3.34. The number of hydrogen-bond acceptors (Lipinski definition) is 9. The standard InChI is InChI=1S/C25H26N4O5S2/c1-4-36(31,32)25-28-24(35-29-25)27-23(30)20(16-26)15-19-7-10-21(11-8-19)33-12-5-13-34-22-9-6-17(2)18(3)14-22/h6-11,14-15H,4-5,12-13H2,1-3H3,(H,27,28,29,30). The maximum Gasteiger partial charge on any atom is 0.268 e. The molecule has 0 fully saturated rings. The lowest BCUT2D eigenvalue weighted by atomic mass is 10.1. The molecule has 0 atom stereocenters. The van der Waals surface area contributed by atoms with E-state index in [0.717, 1.165) is 17.3 Å². The Balaban J connectivity index is 1.50. The Morgan fingerprint density at radius 2 is 1.75 bits per heavy atom. The first-order chi connectivity index (χ1) is 17.2. The molecule has 0 aliphatic heterocycles. The summed E-state index contributed by atoms with van der Waals surface area (Å²) in [5.74, 6) is 0.628. The lowest BCUT2D eigenvalue weighted by molar-refractivity contribution is -0.112. The van der Waals surface area contributed by atoms with E-state index in [1.165, 1.54) is 24.1 Å². The fraction of sp³-hybridized carbons (Fsp3) is 0.280. The predicted octanol–water partition coefficient (Wildman–Crippen LogP) is 4.34. The number of aryl methyl sites for hydroxylation is 2. The minimum atomic E-state index is -3.58. The number of nitrogens with zero attached hydrogens (tertiary/aromatic N) is 3. The zero-order chi connectivity index (χ0) is 26.1. The van der Waals surface area contributed by atoms with Crippen LogP contribution in [-0.2, 0) is 14.6 Å². The van der Waals surface area contributed by atoms with E-state index in [1.54, 1.807) is 24.3 Å². The van der Waals surface area contributed by atoms with Gasteiger partial charge in [0.15, 0.2) is 0 Å². The van der Waals surface area contributed by atoms with Crippen molar-refractivity contribution >= 4 is 38.5 Å². The van der Waals surface area contributed by atoms with Crippen molar-refractivity contribution in [1.82, 2.24) is 9.36 Å². The molecule has 0 bridgehead atoms. The molecule has 1 amide bonds. The number of anilines is 1. The lowest BCUT2D eigenvalue weighted by Gasteiger charge is -2.09. The molecule has 0 unspecified atom stereocenters. The first-order valence-corrected chi connectivity index (χ1v) is 13.6. The van der Waals surface area contributed by atoms with Crippen molar-refractivity contribution in [1.29, 1.82) is 5.26 Å². The van der Waals surface area contributed by atoms with E-state index in [0.29, 0.717) is 30.9 Å². The zero-order valence-corrected chi connectivity index (χ0v) is 21.8. The Kier molecular flexibility index (Phi) is 9.16. The van der Waals surface area contributed by atoms with Crippen LogP contribution in [0.1, 0.15) is 30.0 Å².